The second kappa shape index (κ2) is 10.0. The minimum absolute atomic E-state index is 0.0289. The summed E-state index contributed by atoms with van der Waals surface area (Å²) in [4.78, 5) is 28.0. The zero-order valence-electron chi connectivity index (χ0n) is 20.1. The van der Waals surface area contributed by atoms with Gasteiger partial charge in [0, 0.05) is 38.2 Å². The number of hydrogen-bond donors (Lipinski definition) is 1. The fourth-order valence-electron chi connectivity index (χ4n) is 4.86. The Balaban J connectivity index is 1.52. The van der Waals surface area contributed by atoms with Crippen LogP contribution in [0.3, 0.4) is 0 Å². The number of nitrogens with one attached hydrogen (secondary N) is 1. The highest BCUT2D eigenvalue weighted by Crippen LogP contribution is 2.24. The van der Waals surface area contributed by atoms with Crippen LogP contribution in [0.2, 0.25) is 0 Å². The van der Waals surface area contributed by atoms with Crippen molar-refractivity contribution in [3.63, 3.8) is 0 Å². The van der Waals surface area contributed by atoms with E-state index in [0.29, 0.717) is 50.8 Å². The third-order valence-corrected chi connectivity index (χ3v) is 6.45. The first-order valence-electron chi connectivity index (χ1n) is 12.0. The average molecular weight is 454 g/mol. The quantitative estimate of drug-likeness (QED) is 0.727. The molecular weight excluding hydrogens is 418 g/mol. The van der Waals surface area contributed by atoms with Gasteiger partial charge in [-0.3, -0.25) is 9.59 Å². The van der Waals surface area contributed by atoms with Crippen LogP contribution in [0.5, 0.6) is 0 Å². The van der Waals surface area contributed by atoms with Crippen molar-refractivity contribution in [1.82, 2.24) is 25.0 Å². The monoisotopic (exact) mass is 453 g/mol. The Bertz CT molecular complexity index is 989. The molecular formula is C25H35N5O3. The van der Waals surface area contributed by atoms with Crippen molar-refractivity contribution in [1.29, 1.82) is 0 Å². The number of benzene rings is 1. The third-order valence-electron chi connectivity index (χ3n) is 6.45. The Morgan fingerprint density at radius 2 is 1.88 bits per heavy atom. The molecule has 2 aromatic rings. The maximum Gasteiger partial charge on any atom is 0.251 e. The molecule has 0 saturated carbocycles. The van der Waals surface area contributed by atoms with Crippen LogP contribution in [0.15, 0.2) is 18.2 Å². The summed E-state index contributed by atoms with van der Waals surface area (Å²) in [7, 11) is 0. The van der Waals surface area contributed by atoms with Gasteiger partial charge >= 0.3 is 0 Å². The molecule has 1 fully saturated rings. The van der Waals surface area contributed by atoms with Crippen LogP contribution in [0, 0.1) is 25.7 Å². The Morgan fingerprint density at radius 1 is 1.12 bits per heavy atom. The fourth-order valence-corrected chi connectivity index (χ4v) is 4.86. The van der Waals surface area contributed by atoms with Gasteiger partial charge in [-0.25, -0.2) is 0 Å². The molecule has 1 aromatic heterocycles. The molecule has 3 heterocycles. The maximum atomic E-state index is 13.1. The number of rotatable bonds is 6. The van der Waals surface area contributed by atoms with E-state index in [-0.39, 0.29) is 23.8 Å². The summed E-state index contributed by atoms with van der Waals surface area (Å²) in [5.74, 6) is 2.06. The first kappa shape index (κ1) is 23.4. The van der Waals surface area contributed by atoms with Gasteiger partial charge in [0.1, 0.15) is 5.82 Å². The molecule has 2 amide bonds. The minimum atomic E-state index is -0.245. The second-order valence-corrected chi connectivity index (χ2v) is 9.79. The Labute approximate surface area is 195 Å². The van der Waals surface area contributed by atoms with Crippen LogP contribution in [0.25, 0.3) is 0 Å². The standard InChI is InChI=1S/C25H35N5O3/c1-16(2)11-21(26-24(31)20-13-17(3)12-18(4)14-20)23-28-27-22-5-7-29(8-9-30(22)23)25(32)19-6-10-33-15-19/h12-14,16,19,21H,5-11,15H2,1-4H3,(H,26,31)/t19-,21-/m1/s1. The zero-order valence-corrected chi connectivity index (χ0v) is 20.1. The molecule has 2 aliphatic heterocycles. The predicted octanol–water partition coefficient (Wildman–Crippen LogP) is 2.83. The molecule has 0 radical (unpaired) electrons. The van der Waals surface area contributed by atoms with Gasteiger partial charge in [-0.05, 0) is 44.7 Å². The molecule has 2 aliphatic rings. The number of ether oxygens (including phenoxy) is 1. The van der Waals surface area contributed by atoms with Crippen LogP contribution in [0.4, 0.5) is 0 Å². The van der Waals surface area contributed by atoms with E-state index in [2.05, 4.69) is 40.0 Å². The predicted molar refractivity (Wildman–Crippen MR) is 125 cm³/mol. The van der Waals surface area contributed by atoms with Crippen molar-refractivity contribution in [3.05, 3.63) is 46.5 Å². The summed E-state index contributed by atoms with van der Waals surface area (Å²) in [6.45, 7) is 11.3. The molecule has 178 valence electrons. The summed E-state index contributed by atoms with van der Waals surface area (Å²) >= 11 is 0. The number of aryl methyl sites for hydroxylation is 2. The lowest BCUT2D eigenvalue weighted by molar-refractivity contribution is -0.135. The highest BCUT2D eigenvalue weighted by molar-refractivity contribution is 5.94. The van der Waals surface area contributed by atoms with Crippen molar-refractivity contribution in [3.8, 4) is 0 Å². The number of fused-ring (bicyclic) bond motifs is 1. The number of nitrogens with zero attached hydrogens (tertiary/aromatic N) is 4. The largest absolute Gasteiger partial charge is 0.381 e. The van der Waals surface area contributed by atoms with Gasteiger partial charge in [0.25, 0.3) is 5.91 Å². The Kier molecular flexibility index (Phi) is 7.12. The van der Waals surface area contributed by atoms with Crippen LogP contribution in [0.1, 0.15) is 65.9 Å². The lowest BCUT2D eigenvalue weighted by Gasteiger charge is -2.24. The van der Waals surface area contributed by atoms with E-state index in [9.17, 15) is 9.59 Å². The fraction of sp³-hybridized carbons (Fsp3) is 0.600. The Morgan fingerprint density at radius 3 is 2.55 bits per heavy atom. The van der Waals surface area contributed by atoms with Crippen molar-refractivity contribution in [2.75, 3.05) is 26.3 Å². The molecule has 8 heteroatoms. The van der Waals surface area contributed by atoms with Gasteiger partial charge in [0.05, 0.1) is 18.6 Å². The van der Waals surface area contributed by atoms with Crippen LogP contribution in [-0.2, 0) is 22.5 Å². The lowest BCUT2D eigenvalue weighted by Crippen LogP contribution is -2.38. The molecule has 33 heavy (non-hydrogen) atoms. The number of amides is 2. The topological polar surface area (TPSA) is 89.4 Å². The summed E-state index contributed by atoms with van der Waals surface area (Å²) < 4.78 is 7.51. The molecule has 4 rings (SSSR count). The van der Waals surface area contributed by atoms with E-state index < -0.39 is 0 Å². The molecule has 8 nitrogen and oxygen atoms in total. The molecule has 0 bridgehead atoms. The summed E-state index contributed by atoms with van der Waals surface area (Å²) in [5.41, 5.74) is 2.79. The second-order valence-electron chi connectivity index (χ2n) is 9.79. The van der Waals surface area contributed by atoms with Crippen LogP contribution >= 0.6 is 0 Å². The van der Waals surface area contributed by atoms with Gasteiger partial charge in [-0.1, -0.05) is 31.0 Å². The van der Waals surface area contributed by atoms with Crippen molar-refractivity contribution in [2.45, 2.75) is 59.5 Å². The molecule has 0 spiro atoms. The molecule has 0 aliphatic carbocycles. The van der Waals surface area contributed by atoms with E-state index in [1.54, 1.807) is 0 Å². The average Bonchev–Trinajstić information content (AvgIpc) is 3.38. The third kappa shape index (κ3) is 5.43. The van der Waals surface area contributed by atoms with Gasteiger partial charge < -0.3 is 19.5 Å². The van der Waals surface area contributed by atoms with Gasteiger partial charge in [-0.2, -0.15) is 0 Å². The normalized spacial score (nSPS) is 19.3. The highest BCUT2D eigenvalue weighted by atomic mass is 16.5. The number of carbonyl (C=O) groups is 2. The summed E-state index contributed by atoms with van der Waals surface area (Å²) in [6, 6.07) is 5.64. The minimum Gasteiger partial charge on any atom is -0.381 e. The first-order valence-corrected chi connectivity index (χ1v) is 12.0. The van der Waals surface area contributed by atoms with Crippen molar-refractivity contribution in [2.24, 2.45) is 11.8 Å². The van der Waals surface area contributed by atoms with Gasteiger partial charge in [0.2, 0.25) is 5.91 Å². The number of aromatic nitrogens is 3. The van der Waals surface area contributed by atoms with Crippen molar-refractivity contribution < 1.29 is 14.3 Å². The molecule has 0 unspecified atom stereocenters. The van der Waals surface area contributed by atoms with E-state index in [1.807, 2.05) is 30.9 Å². The zero-order chi connectivity index (χ0) is 23.5. The molecule has 1 N–H and O–H groups in total. The van der Waals surface area contributed by atoms with E-state index in [4.69, 9.17) is 4.74 Å². The molecule has 2 atom stereocenters. The lowest BCUT2D eigenvalue weighted by atomic mass is 10.0. The number of hydrogen-bond acceptors (Lipinski definition) is 5. The first-order chi connectivity index (χ1) is 15.8. The Hall–Kier alpha value is -2.74. The van der Waals surface area contributed by atoms with E-state index >= 15 is 0 Å². The van der Waals surface area contributed by atoms with Crippen LogP contribution in [-0.4, -0.2) is 57.8 Å². The molecule has 1 saturated heterocycles. The van der Waals surface area contributed by atoms with Crippen LogP contribution < -0.4 is 5.32 Å². The summed E-state index contributed by atoms with van der Waals surface area (Å²) in [5, 5.41) is 12.2. The van der Waals surface area contributed by atoms with Gasteiger partial charge in [-0.15, -0.1) is 10.2 Å². The molecule has 1 aromatic carbocycles. The SMILES string of the molecule is Cc1cc(C)cc(C(=O)N[C@H](CC(C)C)c2nnc3n2CCN(C(=O)[C@@H]2CCOC2)CC3)c1. The van der Waals surface area contributed by atoms with Crippen molar-refractivity contribution >= 4 is 11.8 Å². The van der Waals surface area contributed by atoms with E-state index in [1.165, 1.54) is 0 Å². The number of carbonyl (C=O) groups excluding carboxylic acids is 2. The van der Waals surface area contributed by atoms with Gasteiger partial charge in [0.15, 0.2) is 5.82 Å². The smallest absolute Gasteiger partial charge is 0.251 e. The highest BCUT2D eigenvalue weighted by Gasteiger charge is 2.31. The van der Waals surface area contributed by atoms with E-state index in [0.717, 1.165) is 35.6 Å². The maximum absolute atomic E-state index is 13.1. The summed E-state index contributed by atoms with van der Waals surface area (Å²) in [6.07, 6.45) is 2.22.